The molecule has 12 heavy (non-hydrogen) atoms. The van der Waals surface area contributed by atoms with Crippen molar-refractivity contribution >= 4 is 16.8 Å². The minimum Gasteiger partial charge on any atom is -0.306 e. The zero-order valence-corrected chi connectivity index (χ0v) is 8.73. The van der Waals surface area contributed by atoms with Crippen LogP contribution < -0.4 is 0 Å². The minimum absolute atomic E-state index is 0.223. The number of hydrogen-bond acceptors (Lipinski definition) is 2. The third-order valence-corrected chi connectivity index (χ3v) is 2.00. The molecule has 0 unspecified atom stereocenters. The van der Waals surface area contributed by atoms with Crippen LogP contribution in [0.4, 0.5) is 0 Å². The second-order valence-electron chi connectivity index (χ2n) is 3.12. The normalized spacial score (nSPS) is 10.7. The molecule has 0 aromatic rings. The van der Waals surface area contributed by atoms with Gasteiger partial charge in [0.2, 0.25) is 5.24 Å². The van der Waals surface area contributed by atoms with Crippen molar-refractivity contribution in [1.29, 1.82) is 0 Å². The molecule has 0 aliphatic heterocycles. The first-order chi connectivity index (χ1) is 5.66. The molecule has 72 valence electrons. The van der Waals surface area contributed by atoms with Gasteiger partial charge in [-0.15, -0.1) is 0 Å². The van der Waals surface area contributed by atoms with E-state index in [0.29, 0.717) is 6.42 Å². The third-order valence-electron chi connectivity index (χ3n) is 1.81. The Morgan fingerprint density at radius 3 is 2.42 bits per heavy atom. The maximum Gasteiger partial charge on any atom is 0.221 e. The number of halogens is 1. The molecule has 0 radical (unpaired) electrons. The number of unbranched alkanes of at least 4 members (excludes halogenated alkanes) is 1. The molecular weight excluding hydrogens is 174 g/mol. The molecule has 0 bridgehead atoms. The molecule has 0 rings (SSSR count). The Kier molecular flexibility index (Phi) is 7.51. The van der Waals surface area contributed by atoms with Crippen LogP contribution in [0.2, 0.25) is 0 Å². The van der Waals surface area contributed by atoms with Gasteiger partial charge in [0.15, 0.2) is 0 Å². The topological polar surface area (TPSA) is 20.3 Å². The van der Waals surface area contributed by atoms with Gasteiger partial charge in [-0.1, -0.05) is 13.3 Å². The predicted octanol–water partition coefficient (Wildman–Crippen LogP) is 2.26. The van der Waals surface area contributed by atoms with E-state index in [1.165, 1.54) is 12.8 Å². The molecular formula is C9H18ClNO. The molecule has 2 nitrogen and oxygen atoms in total. The highest BCUT2D eigenvalue weighted by atomic mass is 35.5. The molecule has 0 saturated carbocycles. The molecule has 0 heterocycles. The zero-order chi connectivity index (χ0) is 9.40. The lowest BCUT2D eigenvalue weighted by atomic mass is 10.3. The fourth-order valence-electron chi connectivity index (χ4n) is 1.03. The SMILES string of the molecule is CCCCN(C)CCCC(=O)Cl. The van der Waals surface area contributed by atoms with Crippen molar-refractivity contribution in [1.82, 2.24) is 4.90 Å². The number of rotatable bonds is 7. The number of nitrogens with zero attached hydrogens (tertiary/aromatic N) is 1. The van der Waals surface area contributed by atoms with Gasteiger partial charge in [-0.2, -0.15) is 0 Å². The van der Waals surface area contributed by atoms with E-state index in [-0.39, 0.29) is 5.24 Å². The third kappa shape index (κ3) is 8.02. The van der Waals surface area contributed by atoms with E-state index >= 15 is 0 Å². The number of carbonyl (C=O) groups excluding carboxylic acids is 1. The monoisotopic (exact) mass is 191 g/mol. The van der Waals surface area contributed by atoms with Crippen molar-refractivity contribution in [2.45, 2.75) is 32.6 Å². The highest BCUT2D eigenvalue weighted by molar-refractivity contribution is 6.63. The first-order valence-electron chi connectivity index (χ1n) is 4.53. The fourth-order valence-corrected chi connectivity index (χ4v) is 1.16. The van der Waals surface area contributed by atoms with Crippen LogP contribution in [0.1, 0.15) is 32.6 Å². The average Bonchev–Trinajstić information content (AvgIpc) is 2.00. The van der Waals surface area contributed by atoms with E-state index in [0.717, 1.165) is 19.5 Å². The predicted molar refractivity (Wildman–Crippen MR) is 52.5 cm³/mol. The van der Waals surface area contributed by atoms with Crippen LogP contribution in [0, 0.1) is 0 Å². The lowest BCUT2D eigenvalue weighted by Crippen LogP contribution is -2.21. The minimum atomic E-state index is -0.223. The Hall–Kier alpha value is -0.0800. The summed E-state index contributed by atoms with van der Waals surface area (Å²) in [6, 6.07) is 0. The molecule has 0 aliphatic carbocycles. The number of hydrogen-bond donors (Lipinski definition) is 0. The summed E-state index contributed by atoms with van der Waals surface area (Å²) in [6.07, 6.45) is 3.82. The van der Waals surface area contributed by atoms with E-state index in [1.54, 1.807) is 0 Å². The van der Waals surface area contributed by atoms with E-state index in [4.69, 9.17) is 11.6 Å². The van der Waals surface area contributed by atoms with Crippen LogP contribution in [0.25, 0.3) is 0 Å². The summed E-state index contributed by atoms with van der Waals surface area (Å²) in [5, 5.41) is -0.223. The zero-order valence-electron chi connectivity index (χ0n) is 7.98. The molecule has 0 N–H and O–H groups in total. The molecule has 0 saturated heterocycles. The van der Waals surface area contributed by atoms with Crippen LogP contribution in [-0.4, -0.2) is 30.3 Å². The molecule has 0 fully saturated rings. The maximum absolute atomic E-state index is 10.4. The van der Waals surface area contributed by atoms with Gasteiger partial charge in [-0.3, -0.25) is 4.79 Å². The molecule has 0 aliphatic rings. The van der Waals surface area contributed by atoms with Crippen molar-refractivity contribution in [2.75, 3.05) is 20.1 Å². The molecule has 0 aromatic heterocycles. The van der Waals surface area contributed by atoms with Crippen LogP contribution in [0.15, 0.2) is 0 Å². The molecule has 0 aromatic carbocycles. The first kappa shape index (κ1) is 11.9. The first-order valence-corrected chi connectivity index (χ1v) is 4.91. The van der Waals surface area contributed by atoms with E-state index in [2.05, 4.69) is 18.9 Å². The summed E-state index contributed by atoms with van der Waals surface area (Å²) >= 11 is 5.21. The van der Waals surface area contributed by atoms with Gasteiger partial charge >= 0.3 is 0 Å². The van der Waals surface area contributed by atoms with Gasteiger partial charge < -0.3 is 4.90 Å². The van der Waals surface area contributed by atoms with E-state index in [9.17, 15) is 4.79 Å². The van der Waals surface area contributed by atoms with Crippen LogP contribution in [0.5, 0.6) is 0 Å². The van der Waals surface area contributed by atoms with Gasteiger partial charge in [0, 0.05) is 6.42 Å². The second-order valence-corrected chi connectivity index (χ2v) is 3.54. The Balaban J connectivity index is 3.19. The molecule has 0 amide bonds. The Labute approximate surface area is 79.9 Å². The summed E-state index contributed by atoms with van der Waals surface area (Å²) in [5.74, 6) is 0. The maximum atomic E-state index is 10.4. The summed E-state index contributed by atoms with van der Waals surface area (Å²) in [6.45, 7) is 4.27. The Morgan fingerprint density at radius 2 is 1.92 bits per heavy atom. The Bertz CT molecular complexity index is 128. The van der Waals surface area contributed by atoms with Gasteiger partial charge in [-0.05, 0) is 44.6 Å². The lowest BCUT2D eigenvalue weighted by Gasteiger charge is -2.14. The van der Waals surface area contributed by atoms with Gasteiger partial charge in [0.05, 0.1) is 0 Å². The average molecular weight is 192 g/mol. The highest BCUT2D eigenvalue weighted by Gasteiger charge is 1.99. The fraction of sp³-hybridized carbons (Fsp3) is 0.889. The van der Waals surface area contributed by atoms with Crippen LogP contribution in [0.3, 0.4) is 0 Å². The van der Waals surface area contributed by atoms with Gasteiger partial charge in [-0.25, -0.2) is 0 Å². The Morgan fingerprint density at radius 1 is 1.33 bits per heavy atom. The van der Waals surface area contributed by atoms with Crippen LogP contribution in [-0.2, 0) is 4.79 Å². The second kappa shape index (κ2) is 7.56. The highest BCUT2D eigenvalue weighted by Crippen LogP contribution is 1.98. The van der Waals surface area contributed by atoms with Crippen molar-refractivity contribution in [3.63, 3.8) is 0 Å². The van der Waals surface area contributed by atoms with Crippen LogP contribution >= 0.6 is 11.6 Å². The quantitative estimate of drug-likeness (QED) is 0.576. The van der Waals surface area contributed by atoms with Gasteiger partial charge in [0.25, 0.3) is 0 Å². The summed E-state index contributed by atoms with van der Waals surface area (Å²) in [4.78, 5) is 12.6. The van der Waals surface area contributed by atoms with Gasteiger partial charge in [0.1, 0.15) is 0 Å². The number of carbonyl (C=O) groups is 1. The van der Waals surface area contributed by atoms with Crippen molar-refractivity contribution in [3.8, 4) is 0 Å². The smallest absolute Gasteiger partial charge is 0.221 e. The summed E-state index contributed by atoms with van der Waals surface area (Å²) < 4.78 is 0. The standard InChI is InChI=1S/C9H18ClNO/c1-3-4-7-11(2)8-5-6-9(10)12/h3-8H2,1-2H3. The molecule has 0 spiro atoms. The summed E-state index contributed by atoms with van der Waals surface area (Å²) in [5.41, 5.74) is 0. The van der Waals surface area contributed by atoms with Crippen molar-refractivity contribution in [2.24, 2.45) is 0 Å². The molecule has 3 heteroatoms. The van der Waals surface area contributed by atoms with E-state index in [1.807, 2.05) is 0 Å². The van der Waals surface area contributed by atoms with E-state index < -0.39 is 0 Å². The largest absolute Gasteiger partial charge is 0.306 e. The lowest BCUT2D eigenvalue weighted by molar-refractivity contribution is -0.111. The summed E-state index contributed by atoms with van der Waals surface area (Å²) in [7, 11) is 2.08. The molecule has 0 atom stereocenters. The van der Waals surface area contributed by atoms with Crippen molar-refractivity contribution in [3.05, 3.63) is 0 Å². The van der Waals surface area contributed by atoms with Crippen molar-refractivity contribution < 1.29 is 4.79 Å².